The molecule has 0 N–H and O–H groups in total. The molecule has 3 heterocycles. The van der Waals surface area contributed by atoms with Gasteiger partial charge in [-0.1, -0.05) is 6.07 Å². The van der Waals surface area contributed by atoms with E-state index in [0.29, 0.717) is 11.5 Å². The fourth-order valence-electron chi connectivity index (χ4n) is 3.92. The summed E-state index contributed by atoms with van der Waals surface area (Å²) >= 11 is 1.75. The van der Waals surface area contributed by atoms with Crippen LogP contribution in [0.5, 0.6) is 11.5 Å². The summed E-state index contributed by atoms with van der Waals surface area (Å²) in [7, 11) is 5.35. The first-order chi connectivity index (χ1) is 15.2. The highest BCUT2D eigenvalue weighted by molar-refractivity contribution is 7.09. The molecular weight excluding hydrogens is 408 g/mol. The molecule has 31 heavy (non-hydrogen) atoms. The number of hydrogen-bond acceptors (Lipinski definition) is 6. The van der Waals surface area contributed by atoms with E-state index in [4.69, 9.17) is 18.9 Å². The highest BCUT2D eigenvalue weighted by Crippen LogP contribution is 2.41. The highest BCUT2D eigenvalue weighted by atomic mass is 32.1. The molecule has 3 aromatic heterocycles. The van der Waals surface area contributed by atoms with Gasteiger partial charge < -0.3 is 18.8 Å². The minimum atomic E-state index is 0.683. The molecule has 5 nitrogen and oxygen atoms in total. The fraction of sp³-hybridized carbons (Fsp3) is 0.160. The van der Waals surface area contributed by atoms with Crippen LogP contribution in [0.4, 0.5) is 5.82 Å². The van der Waals surface area contributed by atoms with Crippen LogP contribution in [-0.2, 0) is 6.54 Å². The molecule has 2 aromatic carbocycles. The van der Waals surface area contributed by atoms with Crippen LogP contribution in [0.15, 0.2) is 70.8 Å². The molecule has 5 rings (SSSR count). The molecule has 0 atom stereocenters. The van der Waals surface area contributed by atoms with E-state index in [1.165, 1.54) is 4.88 Å². The molecule has 0 unspecified atom stereocenters. The summed E-state index contributed by atoms with van der Waals surface area (Å²) in [5.74, 6) is 2.31. The van der Waals surface area contributed by atoms with E-state index in [0.717, 1.165) is 45.2 Å². The summed E-state index contributed by atoms with van der Waals surface area (Å²) in [6, 6.07) is 16.5. The van der Waals surface area contributed by atoms with Gasteiger partial charge in [0.05, 0.1) is 27.0 Å². The molecular formula is C25H22N2O3S. The minimum absolute atomic E-state index is 0.683. The Kier molecular flexibility index (Phi) is 5.00. The van der Waals surface area contributed by atoms with E-state index in [9.17, 15) is 0 Å². The predicted octanol–water partition coefficient (Wildman–Crippen LogP) is 6.36. The van der Waals surface area contributed by atoms with Crippen molar-refractivity contribution in [1.29, 1.82) is 0 Å². The third kappa shape index (κ3) is 3.49. The van der Waals surface area contributed by atoms with Crippen LogP contribution in [0.1, 0.15) is 4.88 Å². The third-order valence-corrected chi connectivity index (χ3v) is 6.32. The van der Waals surface area contributed by atoms with Crippen LogP contribution < -0.4 is 14.4 Å². The van der Waals surface area contributed by atoms with Crippen molar-refractivity contribution in [2.45, 2.75) is 6.54 Å². The zero-order valence-electron chi connectivity index (χ0n) is 17.6. The smallest absolute Gasteiger partial charge is 0.161 e. The topological polar surface area (TPSA) is 47.7 Å². The molecule has 0 aliphatic heterocycles. The first-order valence-corrected chi connectivity index (χ1v) is 10.8. The van der Waals surface area contributed by atoms with Crippen LogP contribution in [0.25, 0.3) is 32.9 Å². The van der Waals surface area contributed by atoms with Crippen LogP contribution in [0, 0.1) is 0 Å². The average Bonchev–Trinajstić information content (AvgIpc) is 3.48. The Hall–Kier alpha value is -3.51. The lowest BCUT2D eigenvalue weighted by molar-refractivity contribution is 0.356. The number of thiophene rings is 1. The number of hydrogen-bond donors (Lipinski definition) is 0. The highest BCUT2D eigenvalue weighted by Gasteiger charge is 2.17. The predicted molar refractivity (Wildman–Crippen MR) is 126 cm³/mol. The molecule has 5 aromatic rings. The van der Waals surface area contributed by atoms with E-state index < -0.39 is 0 Å². The van der Waals surface area contributed by atoms with Gasteiger partial charge in [-0.25, -0.2) is 4.98 Å². The summed E-state index contributed by atoms with van der Waals surface area (Å²) in [4.78, 5) is 8.20. The number of rotatable bonds is 6. The molecule has 0 aliphatic rings. The van der Waals surface area contributed by atoms with Gasteiger partial charge in [0.15, 0.2) is 11.5 Å². The van der Waals surface area contributed by atoms with E-state index in [-0.39, 0.29) is 0 Å². The second kappa shape index (κ2) is 7.96. The summed E-state index contributed by atoms with van der Waals surface area (Å²) < 4.78 is 16.9. The van der Waals surface area contributed by atoms with E-state index in [1.807, 2.05) is 24.4 Å². The van der Waals surface area contributed by atoms with Gasteiger partial charge in [-0.05, 0) is 58.6 Å². The van der Waals surface area contributed by atoms with Crippen LogP contribution in [-0.4, -0.2) is 26.3 Å². The zero-order valence-corrected chi connectivity index (χ0v) is 18.4. The van der Waals surface area contributed by atoms with Crippen molar-refractivity contribution in [2.75, 3.05) is 26.2 Å². The summed E-state index contributed by atoms with van der Waals surface area (Å²) in [6.07, 6.45) is 3.63. The largest absolute Gasteiger partial charge is 0.493 e. The van der Waals surface area contributed by atoms with Crippen LogP contribution in [0.2, 0.25) is 0 Å². The lowest BCUT2D eigenvalue weighted by Crippen LogP contribution is -2.16. The Morgan fingerprint density at radius 1 is 1.00 bits per heavy atom. The molecule has 0 radical (unpaired) electrons. The third-order valence-electron chi connectivity index (χ3n) is 5.46. The average molecular weight is 431 g/mol. The van der Waals surface area contributed by atoms with Gasteiger partial charge in [-0.15, -0.1) is 11.3 Å². The van der Waals surface area contributed by atoms with Gasteiger partial charge in [-0.3, -0.25) is 0 Å². The number of furan rings is 1. The first-order valence-electron chi connectivity index (χ1n) is 9.94. The van der Waals surface area contributed by atoms with Crippen molar-refractivity contribution in [3.8, 4) is 22.6 Å². The van der Waals surface area contributed by atoms with Gasteiger partial charge in [0.1, 0.15) is 11.4 Å². The first kappa shape index (κ1) is 19.5. The number of pyridine rings is 1. The van der Waals surface area contributed by atoms with E-state index in [1.54, 1.807) is 31.8 Å². The van der Waals surface area contributed by atoms with Crippen LogP contribution in [0.3, 0.4) is 0 Å². The second-order valence-corrected chi connectivity index (χ2v) is 8.39. The fourth-order valence-corrected chi connectivity index (χ4v) is 4.68. The van der Waals surface area contributed by atoms with Gasteiger partial charge in [0.2, 0.25) is 0 Å². The van der Waals surface area contributed by atoms with Crippen molar-refractivity contribution >= 4 is 38.9 Å². The molecule has 0 saturated heterocycles. The maximum atomic E-state index is 5.88. The monoisotopic (exact) mass is 430 g/mol. The molecule has 0 amide bonds. The molecule has 156 valence electrons. The molecule has 0 spiro atoms. The quantitative estimate of drug-likeness (QED) is 0.314. The molecule has 6 heteroatoms. The van der Waals surface area contributed by atoms with Crippen molar-refractivity contribution < 1.29 is 13.9 Å². The number of benzene rings is 2. The Balaban J connectivity index is 1.62. The van der Waals surface area contributed by atoms with Crippen LogP contribution >= 0.6 is 11.3 Å². The van der Waals surface area contributed by atoms with Gasteiger partial charge >= 0.3 is 0 Å². The molecule has 0 aliphatic carbocycles. The summed E-state index contributed by atoms with van der Waals surface area (Å²) in [6.45, 7) is 0.831. The summed E-state index contributed by atoms with van der Waals surface area (Å²) in [5, 5.41) is 5.22. The molecule has 0 bridgehead atoms. The number of methoxy groups -OCH3 is 2. The normalized spacial score (nSPS) is 11.2. The maximum Gasteiger partial charge on any atom is 0.161 e. The Morgan fingerprint density at radius 3 is 2.55 bits per heavy atom. The van der Waals surface area contributed by atoms with E-state index >= 15 is 0 Å². The molecule has 0 saturated carbocycles. The number of nitrogens with zero attached hydrogens (tertiary/aromatic N) is 2. The minimum Gasteiger partial charge on any atom is -0.493 e. The van der Waals surface area contributed by atoms with Gasteiger partial charge in [0, 0.05) is 34.6 Å². The van der Waals surface area contributed by atoms with Gasteiger partial charge in [-0.2, -0.15) is 0 Å². The Labute approximate surface area is 184 Å². The lowest BCUT2D eigenvalue weighted by atomic mass is 9.96. The van der Waals surface area contributed by atoms with Crippen molar-refractivity contribution in [2.24, 2.45) is 0 Å². The second-order valence-electron chi connectivity index (χ2n) is 7.36. The van der Waals surface area contributed by atoms with Crippen molar-refractivity contribution in [1.82, 2.24) is 4.98 Å². The Morgan fingerprint density at radius 2 is 1.84 bits per heavy atom. The SMILES string of the molecule is COc1cc2cc3ccoc3c(-c3ccc(N(C)Cc4cccs4)nc3)c2cc1OC. The summed E-state index contributed by atoms with van der Waals surface area (Å²) in [5.41, 5.74) is 2.82. The lowest BCUT2D eigenvalue weighted by Gasteiger charge is -2.18. The number of aromatic nitrogens is 1. The number of fused-ring (bicyclic) bond motifs is 2. The maximum absolute atomic E-state index is 5.88. The standard InChI is InChI=1S/C25H22N2O3S/c1-27(15-19-5-4-10-31-19)23-7-6-17(14-26-23)24-20-13-22(29-3)21(28-2)12-18(20)11-16-8-9-30-25(16)24/h4-14H,15H2,1-3H3. The van der Waals surface area contributed by atoms with Gasteiger partial charge in [0.25, 0.3) is 0 Å². The van der Waals surface area contributed by atoms with Crippen molar-refractivity contribution in [3.63, 3.8) is 0 Å². The van der Waals surface area contributed by atoms with Crippen molar-refractivity contribution in [3.05, 3.63) is 71.2 Å². The zero-order chi connectivity index (χ0) is 21.4. The number of anilines is 1. The Bertz CT molecular complexity index is 1340. The number of ether oxygens (including phenoxy) is 2. The van der Waals surface area contributed by atoms with E-state index in [2.05, 4.69) is 47.7 Å². The molecule has 0 fully saturated rings.